The molecule has 1 aromatic heterocycles. The molecule has 4 heteroatoms. The normalized spacial score (nSPS) is 10.1. The molecule has 0 unspecified atom stereocenters. The van der Waals surface area contributed by atoms with Crippen LogP contribution in [0.4, 0.5) is 5.00 Å². The molecule has 2 N–H and O–H groups in total. The van der Waals surface area contributed by atoms with Gasteiger partial charge in [-0.25, -0.2) is 0 Å². The summed E-state index contributed by atoms with van der Waals surface area (Å²) in [6.07, 6.45) is 0. The fourth-order valence-corrected chi connectivity index (χ4v) is 2.76. The number of rotatable bonds is 4. The first-order chi connectivity index (χ1) is 8.76. The van der Waals surface area contributed by atoms with Gasteiger partial charge in [-0.3, -0.25) is 4.79 Å². The zero-order valence-electron chi connectivity index (χ0n) is 10.5. The average Bonchev–Trinajstić information content (AvgIpc) is 2.84. The fourth-order valence-electron chi connectivity index (χ4n) is 1.75. The standard InChI is InChI=1S/C14H16N2OS/c1-3-16-13(17)11-9-12(18-14(11)15-2)10-7-5-4-6-8-10/h4-9,15H,3H2,1-2H3,(H,16,17). The lowest BCUT2D eigenvalue weighted by Crippen LogP contribution is -2.22. The third-order valence-corrected chi connectivity index (χ3v) is 3.80. The minimum atomic E-state index is -0.0275. The number of amides is 1. The second-order valence-corrected chi connectivity index (χ2v) is 4.88. The van der Waals surface area contributed by atoms with E-state index in [4.69, 9.17) is 0 Å². The lowest BCUT2D eigenvalue weighted by Gasteiger charge is -2.02. The van der Waals surface area contributed by atoms with Crippen molar-refractivity contribution in [3.8, 4) is 10.4 Å². The maximum atomic E-state index is 11.9. The molecule has 0 spiro atoms. The van der Waals surface area contributed by atoms with Crippen molar-refractivity contribution < 1.29 is 4.79 Å². The fraction of sp³-hybridized carbons (Fsp3) is 0.214. The summed E-state index contributed by atoms with van der Waals surface area (Å²) in [5, 5.41) is 6.81. The van der Waals surface area contributed by atoms with Gasteiger partial charge in [0.05, 0.1) is 5.56 Å². The molecule has 0 bridgehead atoms. The number of benzene rings is 1. The monoisotopic (exact) mass is 260 g/mol. The molecule has 1 amide bonds. The van der Waals surface area contributed by atoms with Crippen LogP contribution in [0.5, 0.6) is 0 Å². The summed E-state index contributed by atoms with van der Waals surface area (Å²) in [7, 11) is 1.84. The van der Waals surface area contributed by atoms with Crippen molar-refractivity contribution in [1.29, 1.82) is 0 Å². The molecule has 0 saturated carbocycles. The summed E-state index contributed by atoms with van der Waals surface area (Å²) in [4.78, 5) is 13.0. The summed E-state index contributed by atoms with van der Waals surface area (Å²) in [5.41, 5.74) is 1.85. The van der Waals surface area contributed by atoms with Gasteiger partial charge in [0.1, 0.15) is 5.00 Å². The average molecular weight is 260 g/mol. The molecule has 18 heavy (non-hydrogen) atoms. The Labute approximate surface area is 111 Å². The van der Waals surface area contributed by atoms with Gasteiger partial charge in [-0.1, -0.05) is 30.3 Å². The van der Waals surface area contributed by atoms with Crippen LogP contribution in [0.3, 0.4) is 0 Å². The lowest BCUT2D eigenvalue weighted by atomic mass is 10.1. The summed E-state index contributed by atoms with van der Waals surface area (Å²) < 4.78 is 0. The first kappa shape index (κ1) is 12.6. The van der Waals surface area contributed by atoms with Gasteiger partial charge in [0, 0.05) is 18.5 Å². The molecule has 0 fully saturated rings. The Morgan fingerprint density at radius 1 is 1.28 bits per heavy atom. The highest BCUT2D eigenvalue weighted by atomic mass is 32.1. The quantitative estimate of drug-likeness (QED) is 0.886. The molecular weight excluding hydrogens is 244 g/mol. The molecule has 1 aromatic carbocycles. The van der Waals surface area contributed by atoms with Crippen LogP contribution in [0, 0.1) is 0 Å². The Kier molecular flexibility index (Phi) is 3.99. The van der Waals surface area contributed by atoms with Gasteiger partial charge in [-0.05, 0) is 18.6 Å². The minimum absolute atomic E-state index is 0.0275. The summed E-state index contributed by atoms with van der Waals surface area (Å²) in [5.74, 6) is -0.0275. The molecule has 3 nitrogen and oxygen atoms in total. The number of carbonyl (C=O) groups excluding carboxylic acids is 1. The van der Waals surface area contributed by atoms with Gasteiger partial charge < -0.3 is 10.6 Å². The molecule has 0 radical (unpaired) electrons. The molecule has 0 aliphatic heterocycles. The van der Waals surface area contributed by atoms with E-state index in [1.807, 2.05) is 50.4 Å². The minimum Gasteiger partial charge on any atom is -0.379 e. The number of anilines is 1. The van der Waals surface area contributed by atoms with Crippen LogP contribution in [0.1, 0.15) is 17.3 Å². The Balaban J connectivity index is 2.38. The molecule has 1 heterocycles. The number of nitrogens with one attached hydrogen (secondary N) is 2. The highest BCUT2D eigenvalue weighted by Crippen LogP contribution is 2.34. The van der Waals surface area contributed by atoms with E-state index in [0.717, 1.165) is 15.4 Å². The summed E-state index contributed by atoms with van der Waals surface area (Å²) in [6, 6.07) is 12.0. The molecule has 2 aromatic rings. The van der Waals surface area contributed by atoms with Crippen molar-refractivity contribution in [2.45, 2.75) is 6.92 Å². The Morgan fingerprint density at radius 2 is 2.00 bits per heavy atom. The van der Waals surface area contributed by atoms with Gasteiger partial charge >= 0.3 is 0 Å². The maximum absolute atomic E-state index is 11.9. The second kappa shape index (κ2) is 5.69. The van der Waals surface area contributed by atoms with E-state index in [0.29, 0.717) is 12.1 Å². The molecule has 0 aliphatic carbocycles. The van der Waals surface area contributed by atoms with Crippen LogP contribution < -0.4 is 10.6 Å². The summed E-state index contributed by atoms with van der Waals surface area (Å²) >= 11 is 1.59. The largest absolute Gasteiger partial charge is 0.379 e. The number of thiophene rings is 1. The van der Waals surface area contributed by atoms with Crippen LogP contribution in [0.15, 0.2) is 36.4 Å². The number of hydrogen-bond acceptors (Lipinski definition) is 3. The van der Waals surface area contributed by atoms with Gasteiger partial charge in [-0.2, -0.15) is 0 Å². The Morgan fingerprint density at radius 3 is 2.61 bits per heavy atom. The smallest absolute Gasteiger partial charge is 0.254 e. The van der Waals surface area contributed by atoms with Crippen molar-refractivity contribution in [3.05, 3.63) is 42.0 Å². The first-order valence-electron chi connectivity index (χ1n) is 5.91. The molecular formula is C14H16N2OS. The zero-order chi connectivity index (χ0) is 13.0. The van der Waals surface area contributed by atoms with E-state index in [1.165, 1.54) is 0 Å². The maximum Gasteiger partial charge on any atom is 0.254 e. The Hall–Kier alpha value is -1.81. The second-order valence-electron chi connectivity index (χ2n) is 3.83. The Bertz CT molecular complexity index is 534. The highest BCUT2D eigenvalue weighted by Gasteiger charge is 2.15. The van der Waals surface area contributed by atoms with Crippen molar-refractivity contribution in [3.63, 3.8) is 0 Å². The number of hydrogen-bond donors (Lipinski definition) is 2. The topological polar surface area (TPSA) is 41.1 Å². The first-order valence-corrected chi connectivity index (χ1v) is 6.73. The third-order valence-electron chi connectivity index (χ3n) is 2.60. The summed E-state index contributed by atoms with van der Waals surface area (Å²) in [6.45, 7) is 2.56. The van der Waals surface area contributed by atoms with Gasteiger partial charge in [0.25, 0.3) is 5.91 Å². The zero-order valence-corrected chi connectivity index (χ0v) is 11.3. The molecule has 94 valence electrons. The predicted octanol–water partition coefficient (Wildman–Crippen LogP) is 3.21. The van der Waals surface area contributed by atoms with Crippen molar-refractivity contribution in [2.75, 3.05) is 18.9 Å². The van der Waals surface area contributed by atoms with Crippen LogP contribution in [0.2, 0.25) is 0 Å². The van der Waals surface area contributed by atoms with E-state index >= 15 is 0 Å². The highest BCUT2D eigenvalue weighted by molar-refractivity contribution is 7.19. The van der Waals surface area contributed by atoms with Gasteiger partial charge in [-0.15, -0.1) is 11.3 Å². The molecule has 0 atom stereocenters. The van der Waals surface area contributed by atoms with Crippen molar-refractivity contribution in [1.82, 2.24) is 5.32 Å². The van der Waals surface area contributed by atoms with E-state index < -0.39 is 0 Å². The lowest BCUT2D eigenvalue weighted by molar-refractivity contribution is 0.0957. The van der Waals surface area contributed by atoms with Gasteiger partial charge in [0.2, 0.25) is 0 Å². The van der Waals surface area contributed by atoms with E-state index in [2.05, 4.69) is 10.6 Å². The van der Waals surface area contributed by atoms with E-state index in [-0.39, 0.29) is 5.91 Å². The van der Waals surface area contributed by atoms with Gasteiger partial charge in [0.15, 0.2) is 0 Å². The third kappa shape index (κ3) is 2.54. The van der Waals surface area contributed by atoms with Crippen molar-refractivity contribution in [2.24, 2.45) is 0 Å². The number of carbonyl (C=O) groups is 1. The molecule has 2 rings (SSSR count). The van der Waals surface area contributed by atoms with E-state index in [1.54, 1.807) is 11.3 Å². The van der Waals surface area contributed by atoms with Crippen LogP contribution in [-0.2, 0) is 0 Å². The predicted molar refractivity (Wildman–Crippen MR) is 77.3 cm³/mol. The van der Waals surface area contributed by atoms with E-state index in [9.17, 15) is 4.79 Å². The van der Waals surface area contributed by atoms with Crippen LogP contribution in [0.25, 0.3) is 10.4 Å². The SMILES string of the molecule is CCNC(=O)c1cc(-c2ccccc2)sc1NC. The molecule has 0 aliphatic rings. The van der Waals surface area contributed by atoms with Crippen LogP contribution >= 0.6 is 11.3 Å². The van der Waals surface area contributed by atoms with Crippen LogP contribution in [-0.4, -0.2) is 19.5 Å². The molecule has 0 saturated heterocycles. The van der Waals surface area contributed by atoms with Crippen molar-refractivity contribution >= 4 is 22.2 Å².